The van der Waals surface area contributed by atoms with Gasteiger partial charge >= 0.3 is 0 Å². The molecule has 28 heavy (non-hydrogen) atoms. The molecule has 5 nitrogen and oxygen atoms in total. The van der Waals surface area contributed by atoms with Crippen LogP contribution in [0.2, 0.25) is 0 Å². The quantitative estimate of drug-likeness (QED) is 0.678. The van der Waals surface area contributed by atoms with Gasteiger partial charge in [-0.1, -0.05) is 24.3 Å². The molecule has 2 aliphatic rings. The highest BCUT2D eigenvalue weighted by atomic mass is 79.9. The summed E-state index contributed by atoms with van der Waals surface area (Å²) in [6.45, 7) is 1.01. The lowest BCUT2D eigenvalue weighted by atomic mass is 10.1. The van der Waals surface area contributed by atoms with Crippen LogP contribution in [0.5, 0.6) is 5.75 Å². The smallest absolute Gasteiger partial charge is 0.228 e. The third-order valence-corrected chi connectivity index (χ3v) is 6.07. The van der Waals surface area contributed by atoms with Crippen LogP contribution in [-0.4, -0.2) is 36.4 Å². The summed E-state index contributed by atoms with van der Waals surface area (Å²) in [5.41, 5.74) is 1.91. The van der Waals surface area contributed by atoms with Crippen molar-refractivity contribution in [2.24, 2.45) is 5.92 Å². The van der Waals surface area contributed by atoms with Crippen molar-refractivity contribution in [1.29, 1.82) is 0 Å². The molecular weight excluding hydrogens is 420 g/mol. The van der Waals surface area contributed by atoms with Gasteiger partial charge < -0.3 is 14.5 Å². The predicted molar refractivity (Wildman–Crippen MR) is 111 cm³/mol. The number of methoxy groups -OCH3 is 1. The van der Waals surface area contributed by atoms with Crippen molar-refractivity contribution < 1.29 is 14.3 Å². The molecule has 0 radical (unpaired) electrons. The fourth-order valence-corrected chi connectivity index (χ4v) is 4.21. The first-order valence-corrected chi connectivity index (χ1v) is 10.3. The van der Waals surface area contributed by atoms with E-state index in [-0.39, 0.29) is 24.2 Å². The normalized spacial score (nSPS) is 19.0. The van der Waals surface area contributed by atoms with Crippen LogP contribution in [0.15, 0.2) is 53.0 Å². The molecule has 1 heterocycles. The molecule has 2 aromatic rings. The van der Waals surface area contributed by atoms with E-state index in [1.54, 1.807) is 12.0 Å². The van der Waals surface area contributed by atoms with Gasteiger partial charge in [-0.3, -0.25) is 9.59 Å². The van der Waals surface area contributed by atoms with Crippen LogP contribution in [0.1, 0.15) is 24.8 Å². The van der Waals surface area contributed by atoms with Crippen molar-refractivity contribution in [3.05, 3.63) is 58.6 Å². The molecule has 2 amide bonds. The van der Waals surface area contributed by atoms with Gasteiger partial charge in [0.2, 0.25) is 11.8 Å². The number of hydrogen-bond acceptors (Lipinski definition) is 3. The van der Waals surface area contributed by atoms with Gasteiger partial charge in [-0.05, 0) is 58.6 Å². The maximum atomic E-state index is 13.3. The molecule has 6 heteroatoms. The maximum absolute atomic E-state index is 13.3. The van der Waals surface area contributed by atoms with Crippen molar-refractivity contribution in [3.63, 3.8) is 0 Å². The van der Waals surface area contributed by atoms with Gasteiger partial charge in [0.1, 0.15) is 5.75 Å². The molecule has 0 bridgehead atoms. The second-order valence-corrected chi connectivity index (χ2v) is 8.26. The summed E-state index contributed by atoms with van der Waals surface area (Å²) in [6.07, 6.45) is 2.35. The van der Waals surface area contributed by atoms with E-state index in [2.05, 4.69) is 15.9 Å². The third-order valence-electron chi connectivity index (χ3n) is 5.40. The van der Waals surface area contributed by atoms with Crippen LogP contribution in [-0.2, 0) is 16.1 Å². The van der Waals surface area contributed by atoms with Crippen LogP contribution in [0, 0.1) is 5.92 Å². The molecular formula is C22H23BrN2O3. The Kier molecular flexibility index (Phi) is 5.40. The number of hydrogen-bond donors (Lipinski definition) is 0. The van der Waals surface area contributed by atoms with Crippen molar-refractivity contribution >= 4 is 33.4 Å². The summed E-state index contributed by atoms with van der Waals surface area (Å²) in [5, 5.41) is 0. The second-order valence-electron chi connectivity index (χ2n) is 7.40. The van der Waals surface area contributed by atoms with E-state index in [4.69, 9.17) is 4.74 Å². The summed E-state index contributed by atoms with van der Waals surface area (Å²) in [4.78, 5) is 29.6. The van der Waals surface area contributed by atoms with E-state index in [0.717, 1.165) is 34.3 Å². The predicted octanol–water partition coefficient (Wildman–Crippen LogP) is 4.00. The summed E-state index contributed by atoms with van der Waals surface area (Å²) >= 11 is 3.51. The number of carbonyl (C=O) groups is 2. The van der Waals surface area contributed by atoms with Gasteiger partial charge in [0.05, 0.1) is 18.7 Å². The van der Waals surface area contributed by atoms with Gasteiger partial charge in [0, 0.05) is 30.0 Å². The summed E-state index contributed by atoms with van der Waals surface area (Å²) in [6, 6.07) is 15.8. The molecule has 2 fully saturated rings. The lowest BCUT2D eigenvalue weighted by Crippen LogP contribution is -2.38. The molecule has 146 valence electrons. The lowest BCUT2D eigenvalue weighted by molar-refractivity contribution is -0.137. The van der Waals surface area contributed by atoms with Crippen molar-refractivity contribution in [1.82, 2.24) is 4.90 Å². The van der Waals surface area contributed by atoms with Crippen LogP contribution >= 0.6 is 15.9 Å². The Bertz CT molecular complexity index is 880. The van der Waals surface area contributed by atoms with E-state index >= 15 is 0 Å². The summed E-state index contributed by atoms with van der Waals surface area (Å²) in [5.74, 6) is 0.601. The average Bonchev–Trinajstić information content (AvgIpc) is 3.48. The molecule has 1 atom stereocenters. The van der Waals surface area contributed by atoms with Gasteiger partial charge in [-0.25, -0.2) is 0 Å². The largest absolute Gasteiger partial charge is 0.497 e. The van der Waals surface area contributed by atoms with Crippen molar-refractivity contribution in [2.75, 3.05) is 18.6 Å². The molecule has 1 aliphatic carbocycles. The highest BCUT2D eigenvalue weighted by Gasteiger charge is 2.41. The fourth-order valence-electron chi connectivity index (χ4n) is 3.71. The monoisotopic (exact) mass is 442 g/mol. The van der Waals surface area contributed by atoms with E-state index in [0.29, 0.717) is 19.1 Å². The number of carbonyl (C=O) groups excluding carboxylic acids is 2. The lowest BCUT2D eigenvalue weighted by Gasteiger charge is -2.26. The Balaban J connectivity index is 1.48. The Morgan fingerprint density at radius 3 is 2.54 bits per heavy atom. The van der Waals surface area contributed by atoms with Crippen LogP contribution in [0.4, 0.5) is 5.69 Å². The van der Waals surface area contributed by atoms with Gasteiger partial charge in [-0.2, -0.15) is 0 Å². The molecule has 1 saturated carbocycles. The first-order valence-electron chi connectivity index (χ1n) is 9.55. The molecule has 0 spiro atoms. The number of anilines is 1. The first kappa shape index (κ1) is 19.0. The molecule has 1 aliphatic heterocycles. The zero-order valence-corrected chi connectivity index (χ0v) is 17.4. The van der Waals surface area contributed by atoms with Crippen LogP contribution < -0.4 is 9.64 Å². The molecule has 1 saturated heterocycles. The number of benzene rings is 2. The van der Waals surface area contributed by atoms with Gasteiger partial charge in [0.15, 0.2) is 0 Å². The Hall–Kier alpha value is -2.34. The highest BCUT2D eigenvalue weighted by Crippen LogP contribution is 2.35. The molecule has 0 aromatic heterocycles. The Morgan fingerprint density at radius 1 is 1.18 bits per heavy atom. The number of nitrogens with zero attached hydrogens (tertiary/aromatic N) is 2. The first-order chi connectivity index (χ1) is 13.6. The Morgan fingerprint density at radius 2 is 1.89 bits per heavy atom. The topological polar surface area (TPSA) is 49.9 Å². The van der Waals surface area contributed by atoms with Crippen LogP contribution in [0.25, 0.3) is 0 Å². The second kappa shape index (κ2) is 7.95. The molecule has 2 aromatic carbocycles. The maximum Gasteiger partial charge on any atom is 0.228 e. The van der Waals surface area contributed by atoms with E-state index in [1.807, 2.05) is 53.4 Å². The van der Waals surface area contributed by atoms with E-state index in [1.165, 1.54) is 0 Å². The average molecular weight is 443 g/mol. The van der Waals surface area contributed by atoms with E-state index < -0.39 is 0 Å². The molecule has 4 rings (SSSR count). The number of ether oxygens (including phenoxy) is 1. The minimum absolute atomic E-state index is 0.00504. The van der Waals surface area contributed by atoms with Crippen molar-refractivity contribution in [3.8, 4) is 5.75 Å². The number of rotatable bonds is 6. The standard InChI is InChI=1S/C22H23BrN2O3/c1-28-18-10-6-15(7-11-18)13-24(17-8-9-17)22(27)16-12-21(26)25(14-16)20-5-3-2-4-19(20)23/h2-7,10-11,16-17H,8-9,12-14H2,1H3/t16-/m1/s1. The molecule has 0 unspecified atom stereocenters. The zero-order valence-electron chi connectivity index (χ0n) is 15.8. The van der Waals surface area contributed by atoms with E-state index in [9.17, 15) is 9.59 Å². The minimum atomic E-state index is -0.293. The zero-order chi connectivity index (χ0) is 19.7. The summed E-state index contributed by atoms with van der Waals surface area (Å²) in [7, 11) is 1.64. The summed E-state index contributed by atoms with van der Waals surface area (Å²) < 4.78 is 6.08. The fraction of sp³-hybridized carbons (Fsp3) is 0.364. The third kappa shape index (κ3) is 3.92. The Labute approximate surface area is 173 Å². The minimum Gasteiger partial charge on any atom is -0.497 e. The highest BCUT2D eigenvalue weighted by molar-refractivity contribution is 9.10. The van der Waals surface area contributed by atoms with Crippen LogP contribution in [0.3, 0.4) is 0 Å². The van der Waals surface area contributed by atoms with Gasteiger partial charge in [0.25, 0.3) is 0 Å². The molecule has 0 N–H and O–H groups in total. The number of para-hydroxylation sites is 1. The SMILES string of the molecule is COc1ccc(CN(C(=O)[C@@H]2CC(=O)N(c3ccccc3Br)C2)C2CC2)cc1. The van der Waals surface area contributed by atoms with Crippen molar-refractivity contribution in [2.45, 2.75) is 31.8 Å². The number of halogens is 1. The number of amides is 2. The van der Waals surface area contributed by atoms with Gasteiger partial charge in [-0.15, -0.1) is 0 Å².